The Labute approximate surface area is 119 Å². The van der Waals surface area contributed by atoms with E-state index in [0.29, 0.717) is 22.1 Å². The van der Waals surface area contributed by atoms with Crippen LogP contribution in [0.1, 0.15) is 15.4 Å². The van der Waals surface area contributed by atoms with Crippen molar-refractivity contribution in [1.29, 1.82) is 0 Å². The predicted molar refractivity (Wildman–Crippen MR) is 76.7 cm³/mol. The van der Waals surface area contributed by atoms with Gasteiger partial charge in [-0.1, -0.05) is 35.5 Å². The fraction of sp³-hybridized carbons (Fsp3) is 0.0714. The summed E-state index contributed by atoms with van der Waals surface area (Å²) in [5.41, 5.74) is 3.24. The minimum atomic E-state index is -0.236. The maximum Gasteiger partial charge on any atom is 0.269 e. The van der Waals surface area contributed by atoms with Crippen molar-refractivity contribution in [3.63, 3.8) is 0 Å². The molecule has 0 saturated heterocycles. The second-order valence-corrected chi connectivity index (χ2v) is 5.03. The zero-order chi connectivity index (χ0) is 13.9. The molecule has 0 unspecified atom stereocenters. The lowest BCUT2D eigenvalue weighted by Gasteiger charge is -2.02. The maximum atomic E-state index is 12.3. The number of hydrogen-bond donors (Lipinski definition) is 1. The van der Waals surface area contributed by atoms with Crippen LogP contribution in [0.2, 0.25) is 0 Å². The highest BCUT2D eigenvalue weighted by Crippen LogP contribution is 2.26. The van der Waals surface area contributed by atoms with Crippen molar-refractivity contribution >= 4 is 23.1 Å². The number of thiazole rings is 1. The van der Waals surface area contributed by atoms with Gasteiger partial charge in [-0.05, 0) is 6.92 Å². The van der Waals surface area contributed by atoms with Crippen LogP contribution in [-0.2, 0) is 0 Å². The standard InChI is InChI=1S/C14H11N3O2S/c1-9-7-11(17-19-9)16-14(18)13-12(15-8-20-13)10-5-3-2-4-6-10/h2-8H,1H3,(H,16,17,18). The molecular weight excluding hydrogens is 274 g/mol. The van der Waals surface area contributed by atoms with Gasteiger partial charge in [0.15, 0.2) is 5.82 Å². The summed E-state index contributed by atoms with van der Waals surface area (Å²) in [4.78, 5) is 17.1. The molecule has 1 amide bonds. The zero-order valence-corrected chi connectivity index (χ0v) is 11.5. The molecule has 0 aliphatic carbocycles. The first-order valence-electron chi connectivity index (χ1n) is 5.97. The van der Waals surface area contributed by atoms with Crippen molar-refractivity contribution < 1.29 is 9.32 Å². The van der Waals surface area contributed by atoms with E-state index in [0.717, 1.165) is 5.56 Å². The number of amides is 1. The number of carbonyl (C=O) groups excluding carboxylic acids is 1. The Morgan fingerprint density at radius 2 is 2.10 bits per heavy atom. The molecule has 0 aliphatic rings. The Kier molecular flexibility index (Phi) is 3.30. The minimum Gasteiger partial charge on any atom is -0.360 e. The number of aromatic nitrogens is 2. The molecule has 3 rings (SSSR count). The van der Waals surface area contributed by atoms with Gasteiger partial charge in [0.05, 0.1) is 11.2 Å². The predicted octanol–water partition coefficient (Wildman–Crippen LogP) is 3.36. The summed E-state index contributed by atoms with van der Waals surface area (Å²) in [6.45, 7) is 1.77. The molecule has 6 heteroatoms. The first kappa shape index (κ1) is 12.6. The average Bonchev–Trinajstić information content (AvgIpc) is 3.09. The van der Waals surface area contributed by atoms with Crippen LogP contribution >= 0.6 is 11.3 Å². The van der Waals surface area contributed by atoms with Crippen LogP contribution in [-0.4, -0.2) is 16.0 Å². The number of nitrogens with zero attached hydrogens (tertiary/aromatic N) is 2. The second-order valence-electron chi connectivity index (χ2n) is 4.17. The van der Waals surface area contributed by atoms with E-state index >= 15 is 0 Å². The van der Waals surface area contributed by atoms with Crippen LogP contribution in [0.5, 0.6) is 0 Å². The highest BCUT2D eigenvalue weighted by molar-refractivity contribution is 7.12. The third-order valence-electron chi connectivity index (χ3n) is 2.69. The van der Waals surface area contributed by atoms with E-state index in [9.17, 15) is 4.79 Å². The molecule has 1 N–H and O–H groups in total. The Balaban J connectivity index is 1.88. The van der Waals surface area contributed by atoms with Crippen molar-refractivity contribution in [3.8, 4) is 11.3 Å². The first-order chi connectivity index (χ1) is 9.74. The molecule has 1 aromatic carbocycles. The fourth-order valence-corrected chi connectivity index (χ4v) is 2.51. The average molecular weight is 285 g/mol. The number of anilines is 1. The summed E-state index contributed by atoms with van der Waals surface area (Å²) < 4.78 is 4.92. The molecule has 0 atom stereocenters. The Hall–Kier alpha value is -2.47. The SMILES string of the molecule is Cc1cc(NC(=O)c2scnc2-c2ccccc2)no1. The van der Waals surface area contributed by atoms with E-state index in [4.69, 9.17) is 4.52 Å². The van der Waals surface area contributed by atoms with Gasteiger partial charge >= 0.3 is 0 Å². The van der Waals surface area contributed by atoms with Gasteiger partial charge in [0.2, 0.25) is 0 Å². The largest absolute Gasteiger partial charge is 0.360 e. The van der Waals surface area contributed by atoms with Gasteiger partial charge in [0.1, 0.15) is 10.6 Å². The second kappa shape index (κ2) is 5.26. The minimum absolute atomic E-state index is 0.236. The van der Waals surface area contributed by atoms with Crippen LogP contribution in [0.4, 0.5) is 5.82 Å². The van der Waals surface area contributed by atoms with E-state index < -0.39 is 0 Å². The van der Waals surface area contributed by atoms with Gasteiger partial charge in [-0.15, -0.1) is 11.3 Å². The van der Waals surface area contributed by atoms with Crippen LogP contribution in [0.15, 0.2) is 46.4 Å². The number of hydrogen-bond acceptors (Lipinski definition) is 5. The highest BCUT2D eigenvalue weighted by Gasteiger charge is 2.17. The van der Waals surface area contributed by atoms with Crippen molar-refractivity contribution in [2.24, 2.45) is 0 Å². The molecule has 100 valence electrons. The third kappa shape index (κ3) is 2.46. The highest BCUT2D eigenvalue weighted by atomic mass is 32.1. The Bertz CT molecular complexity index is 734. The number of aryl methyl sites for hydroxylation is 1. The van der Waals surface area contributed by atoms with Gasteiger partial charge in [0.25, 0.3) is 5.91 Å². The summed E-state index contributed by atoms with van der Waals surface area (Å²) >= 11 is 1.30. The molecule has 2 heterocycles. The molecule has 0 fully saturated rings. The Morgan fingerprint density at radius 3 is 2.80 bits per heavy atom. The van der Waals surface area contributed by atoms with Crippen LogP contribution in [0.3, 0.4) is 0 Å². The summed E-state index contributed by atoms with van der Waals surface area (Å²) in [7, 11) is 0. The summed E-state index contributed by atoms with van der Waals surface area (Å²) in [5.74, 6) is 0.812. The monoisotopic (exact) mass is 285 g/mol. The fourth-order valence-electron chi connectivity index (χ4n) is 1.81. The number of carbonyl (C=O) groups is 1. The van der Waals surface area contributed by atoms with Crippen LogP contribution < -0.4 is 5.32 Å². The molecule has 5 nitrogen and oxygen atoms in total. The van der Waals surface area contributed by atoms with Gasteiger partial charge < -0.3 is 9.84 Å². The smallest absolute Gasteiger partial charge is 0.269 e. The first-order valence-corrected chi connectivity index (χ1v) is 6.85. The van der Waals surface area contributed by atoms with Gasteiger partial charge in [0, 0.05) is 11.6 Å². The van der Waals surface area contributed by atoms with Crippen molar-refractivity contribution in [3.05, 3.63) is 52.5 Å². The lowest BCUT2D eigenvalue weighted by molar-refractivity contribution is 0.103. The molecule has 2 aromatic heterocycles. The quantitative estimate of drug-likeness (QED) is 0.801. The molecule has 0 spiro atoms. The molecule has 0 radical (unpaired) electrons. The summed E-state index contributed by atoms with van der Waals surface area (Å²) in [5, 5.41) is 6.45. The van der Waals surface area contributed by atoms with E-state index in [1.807, 2.05) is 30.3 Å². The van der Waals surface area contributed by atoms with Crippen molar-refractivity contribution in [1.82, 2.24) is 10.1 Å². The van der Waals surface area contributed by atoms with Gasteiger partial charge in [-0.3, -0.25) is 4.79 Å². The Morgan fingerprint density at radius 1 is 1.30 bits per heavy atom. The lowest BCUT2D eigenvalue weighted by atomic mass is 10.1. The van der Waals surface area contributed by atoms with E-state index in [2.05, 4.69) is 15.5 Å². The maximum absolute atomic E-state index is 12.3. The topological polar surface area (TPSA) is 68.0 Å². The normalized spacial score (nSPS) is 10.4. The summed E-state index contributed by atoms with van der Waals surface area (Å²) in [6, 6.07) is 11.3. The van der Waals surface area contributed by atoms with Crippen LogP contribution in [0.25, 0.3) is 11.3 Å². The van der Waals surface area contributed by atoms with Gasteiger partial charge in [-0.25, -0.2) is 4.98 Å². The summed E-state index contributed by atoms with van der Waals surface area (Å²) in [6.07, 6.45) is 0. The molecular formula is C14H11N3O2S. The van der Waals surface area contributed by atoms with E-state index in [1.165, 1.54) is 11.3 Å². The molecule has 0 bridgehead atoms. The van der Waals surface area contributed by atoms with Crippen LogP contribution in [0, 0.1) is 6.92 Å². The lowest BCUT2D eigenvalue weighted by Crippen LogP contribution is -2.11. The number of nitrogens with one attached hydrogen (secondary N) is 1. The van der Waals surface area contributed by atoms with Crippen molar-refractivity contribution in [2.75, 3.05) is 5.32 Å². The number of rotatable bonds is 3. The molecule has 0 aliphatic heterocycles. The molecule has 0 saturated carbocycles. The molecule has 20 heavy (non-hydrogen) atoms. The zero-order valence-electron chi connectivity index (χ0n) is 10.7. The molecule has 3 aromatic rings. The van der Waals surface area contributed by atoms with E-state index in [1.54, 1.807) is 18.5 Å². The van der Waals surface area contributed by atoms with Gasteiger partial charge in [-0.2, -0.15) is 0 Å². The third-order valence-corrected chi connectivity index (χ3v) is 3.52. The van der Waals surface area contributed by atoms with Crippen molar-refractivity contribution in [2.45, 2.75) is 6.92 Å². The number of benzene rings is 1. The van der Waals surface area contributed by atoms with E-state index in [-0.39, 0.29) is 5.91 Å².